The minimum Gasteiger partial charge on any atom is -0.462 e. The van der Waals surface area contributed by atoms with Crippen molar-refractivity contribution < 1.29 is 22.7 Å². The first-order chi connectivity index (χ1) is 15.7. The monoisotopic (exact) mass is 486 g/mol. The Kier molecular flexibility index (Phi) is 7.73. The molecule has 0 aliphatic rings. The van der Waals surface area contributed by atoms with Crippen LogP contribution in [0.25, 0.3) is 0 Å². The molecule has 172 valence electrons. The number of ether oxygens (including phenoxy) is 1. The maximum atomic E-state index is 12.6. The van der Waals surface area contributed by atoms with E-state index in [1.807, 2.05) is 6.07 Å². The Bertz CT molecular complexity index is 1250. The van der Waals surface area contributed by atoms with Crippen molar-refractivity contribution in [1.82, 2.24) is 0 Å². The number of halogens is 1. The van der Waals surface area contributed by atoms with Gasteiger partial charge in [0.15, 0.2) is 0 Å². The van der Waals surface area contributed by atoms with Crippen LogP contribution < -0.4 is 9.62 Å². The molecule has 0 atom stereocenters. The van der Waals surface area contributed by atoms with E-state index in [1.54, 1.807) is 55.5 Å². The summed E-state index contributed by atoms with van der Waals surface area (Å²) in [5.74, 6) is -0.887. The van der Waals surface area contributed by atoms with Gasteiger partial charge in [0.2, 0.25) is 10.0 Å². The molecule has 0 unspecified atom stereocenters. The van der Waals surface area contributed by atoms with Gasteiger partial charge in [-0.25, -0.2) is 13.2 Å². The minimum atomic E-state index is -3.50. The van der Waals surface area contributed by atoms with Crippen LogP contribution in [-0.4, -0.2) is 33.2 Å². The predicted molar refractivity (Wildman–Crippen MR) is 129 cm³/mol. The van der Waals surface area contributed by atoms with E-state index in [9.17, 15) is 18.0 Å². The standard InChI is InChI=1S/C24H23ClN2O5S/c1-3-32-24(29)19-13-14-22(21(25)15-19)26-23(28)18-11-9-17(10-12-18)16-27(33(2,30)31)20-7-5-4-6-8-20/h4-15H,3,16H2,1-2H3,(H,26,28). The average Bonchev–Trinajstić information content (AvgIpc) is 2.79. The number of carbonyl (C=O) groups excluding carboxylic acids is 2. The zero-order valence-electron chi connectivity index (χ0n) is 18.1. The van der Waals surface area contributed by atoms with Crippen LogP contribution in [0.15, 0.2) is 72.8 Å². The smallest absolute Gasteiger partial charge is 0.338 e. The van der Waals surface area contributed by atoms with Crippen molar-refractivity contribution >= 4 is 44.9 Å². The summed E-state index contributed by atoms with van der Waals surface area (Å²) in [6.07, 6.45) is 1.15. The molecule has 0 saturated heterocycles. The van der Waals surface area contributed by atoms with Crippen molar-refractivity contribution in [3.63, 3.8) is 0 Å². The number of amides is 1. The molecule has 33 heavy (non-hydrogen) atoms. The van der Waals surface area contributed by atoms with Crippen molar-refractivity contribution in [3.05, 3.63) is 94.5 Å². The van der Waals surface area contributed by atoms with Gasteiger partial charge >= 0.3 is 5.97 Å². The number of rotatable bonds is 8. The lowest BCUT2D eigenvalue weighted by Gasteiger charge is -2.22. The fourth-order valence-corrected chi connectivity index (χ4v) is 4.19. The molecule has 0 spiro atoms. The van der Waals surface area contributed by atoms with Gasteiger partial charge in [-0.3, -0.25) is 9.10 Å². The summed E-state index contributed by atoms with van der Waals surface area (Å²) in [5, 5.41) is 2.91. The summed E-state index contributed by atoms with van der Waals surface area (Å²) in [4.78, 5) is 24.4. The summed E-state index contributed by atoms with van der Waals surface area (Å²) < 4.78 is 30.8. The van der Waals surface area contributed by atoms with Crippen LogP contribution in [0.1, 0.15) is 33.2 Å². The maximum absolute atomic E-state index is 12.6. The van der Waals surface area contributed by atoms with E-state index < -0.39 is 21.9 Å². The van der Waals surface area contributed by atoms with E-state index in [2.05, 4.69) is 5.32 Å². The first-order valence-corrected chi connectivity index (χ1v) is 12.3. The molecule has 7 nitrogen and oxygen atoms in total. The number of para-hydroxylation sites is 1. The molecule has 0 radical (unpaired) electrons. The lowest BCUT2D eigenvalue weighted by molar-refractivity contribution is 0.0526. The molecule has 9 heteroatoms. The number of carbonyl (C=O) groups is 2. The number of anilines is 2. The highest BCUT2D eigenvalue weighted by molar-refractivity contribution is 7.92. The molecule has 1 amide bonds. The number of nitrogens with zero attached hydrogens (tertiary/aromatic N) is 1. The third-order valence-corrected chi connectivity index (χ3v) is 6.17. The second kappa shape index (κ2) is 10.5. The molecule has 0 aliphatic carbocycles. The quantitative estimate of drug-likeness (QED) is 0.464. The van der Waals surface area contributed by atoms with Crippen LogP contribution in [-0.2, 0) is 21.3 Å². The molecular weight excluding hydrogens is 464 g/mol. The van der Waals surface area contributed by atoms with Crippen LogP contribution in [0.5, 0.6) is 0 Å². The number of nitrogens with one attached hydrogen (secondary N) is 1. The van der Waals surface area contributed by atoms with Crippen molar-refractivity contribution in [2.45, 2.75) is 13.5 Å². The summed E-state index contributed by atoms with van der Waals surface area (Å²) in [6, 6.07) is 19.9. The Morgan fingerprint density at radius 3 is 2.18 bits per heavy atom. The van der Waals surface area contributed by atoms with E-state index in [0.717, 1.165) is 11.8 Å². The Morgan fingerprint density at radius 2 is 1.61 bits per heavy atom. The summed E-state index contributed by atoms with van der Waals surface area (Å²) in [7, 11) is -3.50. The molecule has 0 bridgehead atoms. The van der Waals surface area contributed by atoms with Crippen molar-refractivity contribution in [3.8, 4) is 0 Å². The van der Waals surface area contributed by atoms with Gasteiger partial charge in [-0.2, -0.15) is 0 Å². The van der Waals surface area contributed by atoms with E-state index in [0.29, 0.717) is 16.9 Å². The Balaban J connectivity index is 1.72. The minimum absolute atomic E-state index is 0.131. The first-order valence-electron chi connectivity index (χ1n) is 10.1. The van der Waals surface area contributed by atoms with E-state index >= 15 is 0 Å². The van der Waals surface area contributed by atoms with Crippen LogP contribution in [0.2, 0.25) is 5.02 Å². The fourth-order valence-electron chi connectivity index (χ4n) is 3.07. The highest BCUT2D eigenvalue weighted by Gasteiger charge is 2.18. The lowest BCUT2D eigenvalue weighted by atomic mass is 10.1. The molecule has 3 rings (SSSR count). The third-order valence-electron chi connectivity index (χ3n) is 4.72. The number of sulfonamides is 1. The molecule has 1 N–H and O–H groups in total. The second-order valence-corrected chi connectivity index (χ2v) is 9.49. The molecule has 3 aromatic carbocycles. The highest BCUT2D eigenvalue weighted by Crippen LogP contribution is 2.25. The normalized spacial score (nSPS) is 11.0. The summed E-state index contributed by atoms with van der Waals surface area (Å²) >= 11 is 6.20. The molecular formula is C24H23ClN2O5S. The van der Waals surface area contributed by atoms with Gasteiger partial charge in [0.25, 0.3) is 5.91 Å². The van der Waals surface area contributed by atoms with Gasteiger partial charge in [-0.15, -0.1) is 0 Å². The Labute approximate surface area is 198 Å². The fraction of sp³-hybridized carbons (Fsp3) is 0.167. The molecule has 0 saturated carbocycles. The zero-order valence-corrected chi connectivity index (χ0v) is 19.7. The Morgan fingerprint density at radius 1 is 0.970 bits per heavy atom. The van der Waals surface area contributed by atoms with E-state index in [4.69, 9.17) is 16.3 Å². The first kappa shape index (κ1) is 24.3. The number of hydrogen-bond donors (Lipinski definition) is 1. The van der Waals surface area contributed by atoms with Crippen LogP contribution in [0.3, 0.4) is 0 Å². The lowest BCUT2D eigenvalue weighted by Crippen LogP contribution is -2.29. The number of hydrogen-bond acceptors (Lipinski definition) is 5. The largest absolute Gasteiger partial charge is 0.462 e. The maximum Gasteiger partial charge on any atom is 0.338 e. The average molecular weight is 487 g/mol. The highest BCUT2D eigenvalue weighted by atomic mass is 35.5. The van der Waals surface area contributed by atoms with Gasteiger partial charge in [-0.1, -0.05) is 41.9 Å². The van der Waals surface area contributed by atoms with Crippen molar-refractivity contribution in [2.24, 2.45) is 0 Å². The molecule has 0 heterocycles. The van der Waals surface area contributed by atoms with E-state index in [-0.39, 0.29) is 23.7 Å². The topological polar surface area (TPSA) is 92.8 Å². The summed E-state index contributed by atoms with van der Waals surface area (Å²) in [5.41, 5.74) is 2.29. The van der Waals surface area contributed by atoms with Crippen LogP contribution >= 0.6 is 11.6 Å². The van der Waals surface area contributed by atoms with Gasteiger partial charge in [0.1, 0.15) is 0 Å². The number of benzene rings is 3. The molecule has 0 aliphatic heterocycles. The van der Waals surface area contributed by atoms with Gasteiger partial charge < -0.3 is 10.1 Å². The molecule has 0 aromatic heterocycles. The molecule has 3 aromatic rings. The number of esters is 1. The Hall–Kier alpha value is -3.36. The predicted octanol–water partition coefficient (Wildman–Crippen LogP) is 4.74. The van der Waals surface area contributed by atoms with Crippen molar-refractivity contribution in [2.75, 3.05) is 22.5 Å². The summed E-state index contributed by atoms with van der Waals surface area (Å²) in [6.45, 7) is 2.09. The second-order valence-electron chi connectivity index (χ2n) is 7.17. The van der Waals surface area contributed by atoms with Crippen molar-refractivity contribution in [1.29, 1.82) is 0 Å². The van der Waals surface area contributed by atoms with Gasteiger partial charge in [-0.05, 0) is 55.0 Å². The third kappa shape index (κ3) is 6.34. The SMILES string of the molecule is CCOC(=O)c1ccc(NC(=O)c2ccc(CN(c3ccccc3)S(C)(=O)=O)cc2)c(Cl)c1. The zero-order chi connectivity index (χ0) is 24.0. The van der Waals surface area contributed by atoms with Gasteiger partial charge in [0, 0.05) is 5.56 Å². The van der Waals surface area contributed by atoms with Gasteiger partial charge in [0.05, 0.1) is 41.4 Å². The molecule has 0 fully saturated rings. The van der Waals surface area contributed by atoms with Crippen LogP contribution in [0.4, 0.5) is 11.4 Å². The van der Waals surface area contributed by atoms with Crippen LogP contribution in [0, 0.1) is 0 Å². The van der Waals surface area contributed by atoms with E-state index in [1.165, 1.54) is 22.5 Å².